The summed E-state index contributed by atoms with van der Waals surface area (Å²) < 4.78 is 39.4. The lowest BCUT2D eigenvalue weighted by Crippen LogP contribution is -2.69. The Morgan fingerprint density at radius 1 is 1.04 bits per heavy atom. The largest absolute Gasteiger partial charge is 0.480 e. The van der Waals surface area contributed by atoms with Gasteiger partial charge in [-0.2, -0.15) is 13.2 Å². The number of nitrogens with zero attached hydrogens (tertiary/aromatic N) is 3. The number of carbonyl (C=O) groups is 2. The smallest absolute Gasteiger partial charge is 0.471 e. The molecule has 0 atom stereocenters. The first kappa shape index (κ1) is 19.5. The first-order valence-corrected chi connectivity index (χ1v) is 9.59. The van der Waals surface area contributed by atoms with Crippen molar-refractivity contribution in [2.45, 2.75) is 37.4 Å². The van der Waals surface area contributed by atoms with Crippen LogP contribution in [0.25, 0.3) is 0 Å². The van der Waals surface area contributed by atoms with Crippen LogP contribution in [0.4, 0.5) is 13.2 Å². The molecule has 2 heterocycles. The summed E-state index contributed by atoms with van der Waals surface area (Å²) in [5.41, 5.74) is -1.53. The Morgan fingerprint density at radius 2 is 1.46 bits per heavy atom. The zero-order chi connectivity index (χ0) is 18.0. The van der Waals surface area contributed by atoms with E-state index in [0.29, 0.717) is 31.1 Å². The predicted molar refractivity (Wildman–Crippen MR) is 84.0 cm³/mol. The lowest BCUT2D eigenvalue weighted by molar-refractivity contribution is -0.203. The molecule has 0 aliphatic carbocycles. The summed E-state index contributed by atoms with van der Waals surface area (Å²) in [6.45, 7) is 0.917. The fraction of sp³-hybridized carbons (Fsp3) is 0.846. The highest BCUT2D eigenvalue weighted by Gasteiger charge is 2.56. The van der Waals surface area contributed by atoms with E-state index in [1.807, 2.05) is 0 Å². The number of carboxylic acid groups (broad SMARTS) is 1. The first-order chi connectivity index (χ1) is 11.2. The van der Waals surface area contributed by atoms with Crippen molar-refractivity contribution in [2.24, 2.45) is 0 Å². The lowest BCUT2D eigenvalue weighted by atomic mass is 10.3. The molecule has 2 aliphatic rings. The minimum absolute atomic E-state index is 0.0996. The van der Waals surface area contributed by atoms with Gasteiger partial charge in [-0.3, -0.25) is 24.3 Å². The van der Waals surface area contributed by atoms with Crippen molar-refractivity contribution in [1.29, 1.82) is 0 Å². The summed E-state index contributed by atoms with van der Waals surface area (Å²) in [7, 11) is 0.0996. The van der Waals surface area contributed by atoms with Crippen LogP contribution < -0.4 is 0 Å². The third kappa shape index (κ3) is 3.71. The van der Waals surface area contributed by atoms with Crippen LogP contribution in [-0.4, -0.2) is 76.1 Å². The molecule has 0 spiro atoms. The number of rotatable bonds is 6. The maximum absolute atomic E-state index is 13.1. The number of hydrogen-bond acceptors (Lipinski definition) is 5. The predicted octanol–water partition coefficient (Wildman–Crippen LogP) is 1.67. The molecule has 2 saturated heterocycles. The third-order valence-corrected chi connectivity index (χ3v) is 6.11. The SMILES string of the molecule is O=C(O)CN(C(=O)C(F)(F)F)C(P=S)(N1CCCC1)N1CCCC1. The summed E-state index contributed by atoms with van der Waals surface area (Å²) in [6, 6.07) is 0. The molecule has 1 N–H and O–H groups in total. The van der Waals surface area contributed by atoms with Crippen molar-refractivity contribution >= 4 is 31.0 Å². The summed E-state index contributed by atoms with van der Waals surface area (Å²) in [6.07, 6.45) is -2.04. The second-order valence-corrected chi connectivity index (χ2v) is 7.19. The molecule has 0 aromatic carbocycles. The van der Waals surface area contributed by atoms with Crippen LogP contribution in [0.3, 0.4) is 0 Å². The Kier molecular flexibility index (Phi) is 6.17. The molecular weight excluding hydrogens is 366 g/mol. The van der Waals surface area contributed by atoms with Crippen LogP contribution >= 0.6 is 7.36 Å². The average molecular weight is 385 g/mol. The highest BCUT2D eigenvalue weighted by Crippen LogP contribution is 2.42. The monoisotopic (exact) mass is 385 g/mol. The number of alkyl halides is 3. The van der Waals surface area contributed by atoms with Crippen molar-refractivity contribution in [2.75, 3.05) is 32.7 Å². The molecule has 0 radical (unpaired) electrons. The lowest BCUT2D eigenvalue weighted by Gasteiger charge is -2.50. The molecular formula is C13H19F3N3O3PS. The van der Waals surface area contributed by atoms with E-state index >= 15 is 0 Å². The zero-order valence-electron chi connectivity index (χ0n) is 13.0. The van der Waals surface area contributed by atoms with Crippen molar-refractivity contribution in [1.82, 2.24) is 14.7 Å². The highest BCUT2D eigenvalue weighted by atomic mass is 32.4. The van der Waals surface area contributed by atoms with Crippen molar-refractivity contribution in [3.63, 3.8) is 0 Å². The van der Waals surface area contributed by atoms with E-state index in [9.17, 15) is 22.8 Å². The number of carboxylic acids is 1. The van der Waals surface area contributed by atoms with Gasteiger partial charge in [-0.25, -0.2) is 0 Å². The van der Waals surface area contributed by atoms with Gasteiger partial charge in [0.25, 0.3) is 0 Å². The van der Waals surface area contributed by atoms with Crippen LogP contribution in [-0.2, 0) is 21.4 Å². The van der Waals surface area contributed by atoms with Crippen LogP contribution in [0.15, 0.2) is 0 Å². The summed E-state index contributed by atoms with van der Waals surface area (Å²) >= 11 is 5.16. The normalized spacial score (nSPS) is 20.6. The van der Waals surface area contributed by atoms with Gasteiger partial charge in [-0.1, -0.05) is 11.8 Å². The number of likely N-dealkylation sites (tertiary alicyclic amines) is 2. The number of carbonyl (C=O) groups excluding carboxylic acids is 1. The Morgan fingerprint density at radius 3 is 1.75 bits per heavy atom. The molecule has 1 amide bonds. The van der Waals surface area contributed by atoms with Gasteiger partial charge in [0.2, 0.25) is 5.53 Å². The number of hydrogen-bond donors (Lipinski definition) is 1. The maximum Gasteiger partial charge on any atom is 0.471 e. The van der Waals surface area contributed by atoms with Gasteiger partial charge in [0, 0.05) is 33.5 Å². The minimum Gasteiger partial charge on any atom is -0.480 e. The molecule has 24 heavy (non-hydrogen) atoms. The standard InChI is InChI=1S/C13H19F3N3O3PS/c14-12(15,16)11(22)19(9-10(20)21)13(23-24,17-5-1-2-6-17)18-7-3-4-8-18/h1-9H2,(H,20,21). The fourth-order valence-electron chi connectivity index (χ4n) is 3.34. The Bertz CT molecular complexity index is 492. The molecule has 0 unspecified atom stereocenters. The van der Waals surface area contributed by atoms with Crippen molar-refractivity contribution in [3.8, 4) is 0 Å². The van der Waals surface area contributed by atoms with Crippen LogP contribution in [0.1, 0.15) is 25.7 Å². The van der Waals surface area contributed by atoms with Crippen LogP contribution in [0.5, 0.6) is 0 Å². The van der Waals surface area contributed by atoms with Gasteiger partial charge in [0.05, 0.1) is 0 Å². The van der Waals surface area contributed by atoms with Gasteiger partial charge in [0.1, 0.15) is 6.54 Å². The zero-order valence-corrected chi connectivity index (χ0v) is 14.7. The fourth-order valence-corrected chi connectivity index (χ4v) is 5.22. The number of halogens is 3. The van der Waals surface area contributed by atoms with Gasteiger partial charge >= 0.3 is 18.1 Å². The number of aliphatic carboxylic acids is 1. The Balaban J connectivity index is 2.51. The topological polar surface area (TPSA) is 64.1 Å². The Labute approximate surface area is 144 Å². The van der Waals surface area contributed by atoms with E-state index in [4.69, 9.17) is 16.9 Å². The summed E-state index contributed by atoms with van der Waals surface area (Å²) in [5, 5.41) is 9.11. The quantitative estimate of drug-likeness (QED) is 0.702. The van der Waals surface area contributed by atoms with Gasteiger partial charge in [-0.15, -0.1) is 0 Å². The highest BCUT2D eigenvalue weighted by molar-refractivity contribution is 7.97. The molecule has 0 aromatic heterocycles. The second-order valence-electron chi connectivity index (χ2n) is 5.86. The molecule has 2 fully saturated rings. The third-order valence-electron chi connectivity index (χ3n) is 4.33. The van der Waals surface area contributed by atoms with E-state index in [1.54, 1.807) is 9.80 Å². The van der Waals surface area contributed by atoms with Crippen LogP contribution in [0.2, 0.25) is 0 Å². The maximum atomic E-state index is 13.1. The Hall–Kier alpha value is -0.830. The van der Waals surface area contributed by atoms with Crippen LogP contribution in [0, 0.1) is 0 Å². The van der Waals surface area contributed by atoms with Crippen molar-refractivity contribution < 1.29 is 27.9 Å². The van der Waals surface area contributed by atoms with E-state index < -0.39 is 30.1 Å². The van der Waals surface area contributed by atoms with Gasteiger partial charge < -0.3 is 5.11 Å². The molecule has 6 nitrogen and oxygen atoms in total. The van der Waals surface area contributed by atoms with Gasteiger partial charge in [-0.05, 0) is 25.7 Å². The van der Waals surface area contributed by atoms with E-state index in [-0.39, 0.29) is 7.36 Å². The first-order valence-electron chi connectivity index (χ1n) is 7.68. The second kappa shape index (κ2) is 7.59. The molecule has 0 saturated carbocycles. The summed E-state index contributed by atoms with van der Waals surface area (Å²) in [5.74, 6) is -3.64. The van der Waals surface area contributed by atoms with Gasteiger partial charge in [0.15, 0.2) is 0 Å². The number of amides is 1. The molecule has 0 bridgehead atoms. The molecule has 2 rings (SSSR count). The molecule has 11 heteroatoms. The minimum atomic E-state index is -5.15. The molecule has 2 aliphatic heterocycles. The van der Waals surface area contributed by atoms with Crippen molar-refractivity contribution in [3.05, 3.63) is 0 Å². The summed E-state index contributed by atoms with van der Waals surface area (Å²) in [4.78, 5) is 27.1. The molecule has 0 aromatic rings. The van der Waals surface area contributed by atoms with E-state index in [2.05, 4.69) is 0 Å². The van der Waals surface area contributed by atoms with E-state index in [0.717, 1.165) is 25.7 Å². The van der Waals surface area contributed by atoms with E-state index in [1.165, 1.54) is 0 Å². The average Bonchev–Trinajstić information content (AvgIpc) is 3.19. The molecule has 136 valence electrons.